The van der Waals surface area contributed by atoms with Crippen molar-refractivity contribution < 1.29 is 23.1 Å². The fraction of sp³-hybridized carbons (Fsp3) is 0.500. The van der Waals surface area contributed by atoms with E-state index in [0.717, 1.165) is 12.8 Å². The molecule has 0 radical (unpaired) electrons. The van der Waals surface area contributed by atoms with Crippen molar-refractivity contribution in [3.05, 3.63) is 35.9 Å². The summed E-state index contributed by atoms with van der Waals surface area (Å²) in [6.45, 7) is 0.581. The van der Waals surface area contributed by atoms with E-state index >= 15 is 0 Å². The molecule has 1 saturated heterocycles. The van der Waals surface area contributed by atoms with Gasteiger partial charge >= 0.3 is 5.97 Å². The lowest BCUT2D eigenvalue weighted by Gasteiger charge is -2.19. The van der Waals surface area contributed by atoms with Gasteiger partial charge in [0.2, 0.25) is 10.0 Å². The van der Waals surface area contributed by atoms with Gasteiger partial charge in [-0.3, -0.25) is 4.79 Å². The predicted octanol–water partition coefficient (Wildman–Crippen LogP) is 1.30. The van der Waals surface area contributed by atoms with Crippen LogP contribution in [0.25, 0.3) is 0 Å². The van der Waals surface area contributed by atoms with Crippen molar-refractivity contribution in [2.45, 2.75) is 31.4 Å². The maximum atomic E-state index is 12.2. The van der Waals surface area contributed by atoms with Gasteiger partial charge in [0, 0.05) is 6.61 Å². The van der Waals surface area contributed by atoms with Crippen LogP contribution in [0.2, 0.25) is 0 Å². The molecule has 0 aliphatic carbocycles. The molecule has 2 rings (SSSR count). The highest BCUT2D eigenvalue weighted by atomic mass is 32.2. The summed E-state index contributed by atoms with van der Waals surface area (Å²) in [5, 5.41) is 8.97. The fourth-order valence-electron chi connectivity index (χ4n) is 2.37. The number of hydrogen-bond acceptors (Lipinski definition) is 4. The molecular weight excluding hydrogens is 294 g/mol. The summed E-state index contributed by atoms with van der Waals surface area (Å²) in [7, 11) is -3.60. The normalized spacial score (nSPS) is 20.3. The van der Waals surface area contributed by atoms with Gasteiger partial charge < -0.3 is 9.84 Å². The largest absolute Gasteiger partial charge is 0.481 e. The topological polar surface area (TPSA) is 92.7 Å². The second-order valence-corrected chi connectivity index (χ2v) is 6.89. The minimum atomic E-state index is -3.60. The minimum absolute atomic E-state index is 0.129. The highest BCUT2D eigenvalue weighted by Gasteiger charge is 2.27. The molecule has 1 fully saturated rings. The predicted molar refractivity (Wildman–Crippen MR) is 77.3 cm³/mol. The van der Waals surface area contributed by atoms with Crippen LogP contribution < -0.4 is 4.72 Å². The molecule has 1 aromatic rings. The number of carboxylic acid groups (broad SMARTS) is 1. The van der Waals surface area contributed by atoms with E-state index in [0.29, 0.717) is 12.2 Å². The third-order valence-electron chi connectivity index (χ3n) is 3.33. The van der Waals surface area contributed by atoms with Gasteiger partial charge in [-0.1, -0.05) is 30.3 Å². The zero-order chi connectivity index (χ0) is 15.3. The van der Waals surface area contributed by atoms with Crippen molar-refractivity contribution in [1.29, 1.82) is 0 Å². The molecule has 2 N–H and O–H groups in total. The molecule has 0 aromatic heterocycles. The van der Waals surface area contributed by atoms with Crippen LogP contribution in [0.1, 0.15) is 30.9 Å². The third-order valence-corrected chi connectivity index (χ3v) is 4.79. The number of ether oxygens (including phenoxy) is 1. The fourth-order valence-corrected chi connectivity index (χ4v) is 3.87. The Kier molecular flexibility index (Phi) is 5.33. The van der Waals surface area contributed by atoms with E-state index in [-0.39, 0.29) is 18.3 Å². The molecule has 1 aliphatic rings. The average molecular weight is 313 g/mol. The van der Waals surface area contributed by atoms with Crippen LogP contribution in [-0.2, 0) is 19.6 Å². The van der Waals surface area contributed by atoms with Gasteiger partial charge in [-0.25, -0.2) is 13.1 Å². The molecule has 0 spiro atoms. The lowest BCUT2D eigenvalue weighted by atomic mass is 10.1. The Morgan fingerprint density at radius 2 is 2.10 bits per heavy atom. The van der Waals surface area contributed by atoms with Crippen LogP contribution in [0.15, 0.2) is 30.3 Å². The Labute approximate surface area is 124 Å². The van der Waals surface area contributed by atoms with Crippen LogP contribution in [-0.4, -0.2) is 38.0 Å². The van der Waals surface area contributed by atoms with E-state index in [1.165, 1.54) is 0 Å². The van der Waals surface area contributed by atoms with Crippen molar-refractivity contribution >= 4 is 16.0 Å². The molecule has 0 bridgehead atoms. The first-order valence-electron chi connectivity index (χ1n) is 6.84. The smallest absolute Gasteiger partial charge is 0.305 e. The summed E-state index contributed by atoms with van der Waals surface area (Å²) in [4.78, 5) is 11.0. The summed E-state index contributed by atoms with van der Waals surface area (Å²) < 4.78 is 32.1. The monoisotopic (exact) mass is 313 g/mol. The van der Waals surface area contributed by atoms with Crippen molar-refractivity contribution in [3.8, 4) is 0 Å². The van der Waals surface area contributed by atoms with Gasteiger partial charge in [-0.2, -0.15) is 0 Å². The molecule has 1 heterocycles. The van der Waals surface area contributed by atoms with Crippen molar-refractivity contribution in [3.63, 3.8) is 0 Å². The van der Waals surface area contributed by atoms with E-state index < -0.39 is 22.0 Å². The minimum Gasteiger partial charge on any atom is -0.481 e. The van der Waals surface area contributed by atoms with E-state index in [4.69, 9.17) is 9.84 Å². The number of aliphatic carboxylic acids is 1. The van der Waals surface area contributed by atoms with Crippen molar-refractivity contribution in [2.75, 3.05) is 12.4 Å². The van der Waals surface area contributed by atoms with E-state index in [1.807, 2.05) is 0 Å². The molecule has 2 unspecified atom stereocenters. The lowest BCUT2D eigenvalue weighted by molar-refractivity contribution is -0.137. The highest BCUT2D eigenvalue weighted by molar-refractivity contribution is 7.89. The summed E-state index contributed by atoms with van der Waals surface area (Å²) in [5.41, 5.74) is 0.635. The molecule has 7 heteroatoms. The van der Waals surface area contributed by atoms with Gasteiger partial charge in [-0.05, 0) is 18.4 Å². The van der Waals surface area contributed by atoms with Crippen molar-refractivity contribution in [1.82, 2.24) is 4.72 Å². The lowest BCUT2D eigenvalue weighted by Crippen LogP contribution is -2.35. The first-order valence-corrected chi connectivity index (χ1v) is 8.50. The van der Waals surface area contributed by atoms with Gasteiger partial charge in [0.1, 0.15) is 0 Å². The zero-order valence-electron chi connectivity index (χ0n) is 11.6. The quantitative estimate of drug-likeness (QED) is 0.791. The van der Waals surface area contributed by atoms with Crippen LogP contribution in [0.3, 0.4) is 0 Å². The Bertz CT molecular complexity index is 566. The first-order chi connectivity index (χ1) is 9.96. The maximum Gasteiger partial charge on any atom is 0.305 e. The zero-order valence-corrected chi connectivity index (χ0v) is 12.4. The molecule has 2 atom stereocenters. The van der Waals surface area contributed by atoms with Gasteiger partial charge in [0.25, 0.3) is 0 Å². The van der Waals surface area contributed by atoms with E-state index in [1.54, 1.807) is 30.3 Å². The molecule has 116 valence electrons. The number of nitrogens with one attached hydrogen (secondary N) is 1. The van der Waals surface area contributed by atoms with Crippen LogP contribution >= 0.6 is 0 Å². The van der Waals surface area contributed by atoms with Crippen LogP contribution in [0, 0.1) is 0 Å². The Morgan fingerprint density at radius 1 is 1.38 bits per heavy atom. The standard InChI is InChI=1S/C14H19NO5S/c16-14(17)9-13(11-5-2-1-3-6-11)15-21(18,19)10-12-7-4-8-20-12/h1-3,5-6,12-13,15H,4,7-10H2,(H,16,17). The highest BCUT2D eigenvalue weighted by Crippen LogP contribution is 2.19. The van der Waals surface area contributed by atoms with Gasteiger partial charge in [-0.15, -0.1) is 0 Å². The number of sulfonamides is 1. The second-order valence-electron chi connectivity index (χ2n) is 5.10. The summed E-state index contributed by atoms with van der Waals surface area (Å²) in [5.74, 6) is -1.18. The number of benzene rings is 1. The Morgan fingerprint density at radius 3 is 2.67 bits per heavy atom. The van der Waals surface area contributed by atoms with Gasteiger partial charge in [0.15, 0.2) is 0 Å². The Hall–Kier alpha value is -1.44. The van der Waals surface area contributed by atoms with Crippen LogP contribution in [0.5, 0.6) is 0 Å². The molecular formula is C14H19NO5S. The third kappa shape index (κ3) is 5.11. The second kappa shape index (κ2) is 7.02. The molecule has 21 heavy (non-hydrogen) atoms. The van der Waals surface area contributed by atoms with Crippen molar-refractivity contribution in [2.24, 2.45) is 0 Å². The summed E-state index contributed by atoms with van der Waals surface area (Å²) in [6, 6.07) is 7.94. The number of hydrogen-bond donors (Lipinski definition) is 2. The number of carboxylic acids is 1. The molecule has 1 aromatic carbocycles. The molecule has 0 saturated carbocycles. The van der Waals surface area contributed by atoms with Crippen LogP contribution in [0.4, 0.5) is 0 Å². The number of rotatable bonds is 7. The molecule has 1 aliphatic heterocycles. The van der Waals surface area contributed by atoms with E-state index in [9.17, 15) is 13.2 Å². The average Bonchev–Trinajstić information content (AvgIpc) is 2.90. The summed E-state index contributed by atoms with van der Waals surface area (Å²) >= 11 is 0. The first kappa shape index (κ1) is 15.9. The summed E-state index contributed by atoms with van der Waals surface area (Å²) in [6.07, 6.45) is 0.978. The SMILES string of the molecule is O=C(O)CC(NS(=O)(=O)CC1CCCO1)c1ccccc1. The number of carbonyl (C=O) groups is 1. The maximum absolute atomic E-state index is 12.2. The van der Waals surface area contributed by atoms with E-state index in [2.05, 4.69) is 4.72 Å². The Balaban J connectivity index is 2.08. The molecule has 0 amide bonds. The molecule has 6 nitrogen and oxygen atoms in total. The van der Waals surface area contributed by atoms with Gasteiger partial charge in [0.05, 0.1) is 24.3 Å².